The molecular weight excluding hydrogens is 981 g/mol. The van der Waals surface area contributed by atoms with E-state index in [1.165, 1.54) is 0 Å². The van der Waals surface area contributed by atoms with Crippen molar-refractivity contribution in [3.05, 3.63) is 188 Å². The minimum atomic E-state index is -0.884. The lowest BCUT2D eigenvalue weighted by atomic mass is 9.61. The SMILES string of the molecule is CCC(C)(C)Oc1ccc(C(C)(C)c2ccc(OC(=O)c3ccc(C(=O)C(CC)(CC)C(CC)(CC)Oc4ccc(C(C)(C)c5ccc(OC(=O)c6cccc(C(=O)C(C)(CC)CC)c6)c(C)c5)cc4C)cc3)c(C)c2)cc1C. The van der Waals surface area contributed by atoms with Crippen molar-refractivity contribution in [2.24, 2.45) is 10.8 Å². The Kier molecular flexibility index (Phi) is 18.9. The van der Waals surface area contributed by atoms with Crippen LogP contribution in [0.5, 0.6) is 23.0 Å². The lowest BCUT2D eigenvalue weighted by Gasteiger charge is -2.48. The number of carbonyl (C=O) groups is 4. The van der Waals surface area contributed by atoms with Crippen molar-refractivity contribution >= 4 is 23.5 Å². The molecule has 0 aliphatic carbocycles. The number of Topliss-reactive ketones (excluding diaryl/α,β-unsaturated/α-hetero) is 2. The second kappa shape index (κ2) is 24.3. The number of benzene rings is 6. The lowest BCUT2D eigenvalue weighted by molar-refractivity contribution is -0.0553. The van der Waals surface area contributed by atoms with Crippen LogP contribution in [0.2, 0.25) is 0 Å². The molecule has 0 radical (unpaired) electrons. The Labute approximate surface area is 473 Å². The zero-order chi connectivity index (χ0) is 58.5. The van der Waals surface area contributed by atoms with E-state index in [9.17, 15) is 14.4 Å². The van der Waals surface area contributed by atoms with Crippen LogP contribution in [0, 0.1) is 38.5 Å². The summed E-state index contributed by atoms with van der Waals surface area (Å²) in [4.78, 5) is 55.6. The van der Waals surface area contributed by atoms with Crippen LogP contribution in [-0.4, -0.2) is 34.7 Å². The quantitative estimate of drug-likeness (QED) is 0.0335. The number of ketones is 2. The first-order valence-electron chi connectivity index (χ1n) is 28.7. The van der Waals surface area contributed by atoms with E-state index < -0.39 is 33.8 Å². The van der Waals surface area contributed by atoms with Crippen LogP contribution in [0.1, 0.15) is 228 Å². The molecule has 0 saturated heterocycles. The Morgan fingerprint density at radius 3 is 1.13 bits per heavy atom. The highest BCUT2D eigenvalue weighted by atomic mass is 16.5. The fourth-order valence-corrected chi connectivity index (χ4v) is 11.2. The molecule has 0 aromatic heterocycles. The van der Waals surface area contributed by atoms with Crippen LogP contribution in [-0.2, 0) is 10.8 Å². The molecule has 0 fully saturated rings. The van der Waals surface area contributed by atoms with Crippen molar-refractivity contribution in [1.29, 1.82) is 0 Å². The van der Waals surface area contributed by atoms with Gasteiger partial charge in [-0.2, -0.15) is 0 Å². The Morgan fingerprint density at radius 2 is 0.747 bits per heavy atom. The van der Waals surface area contributed by atoms with Gasteiger partial charge >= 0.3 is 11.9 Å². The van der Waals surface area contributed by atoms with Gasteiger partial charge in [-0.1, -0.05) is 156 Å². The van der Waals surface area contributed by atoms with Crippen molar-refractivity contribution < 1.29 is 38.1 Å². The summed E-state index contributed by atoms with van der Waals surface area (Å²) in [5.41, 5.74) is 6.52. The molecule has 0 unspecified atom stereocenters. The first-order chi connectivity index (χ1) is 37.1. The maximum absolute atomic E-state index is 15.1. The van der Waals surface area contributed by atoms with Crippen molar-refractivity contribution in [3.8, 4) is 23.0 Å². The molecule has 0 N–H and O–H groups in total. The van der Waals surface area contributed by atoms with Gasteiger partial charge in [0, 0.05) is 27.4 Å². The smallest absolute Gasteiger partial charge is 0.343 e. The average molecular weight is 1070 g/mol. The van der Waals surface area contributed by atoms with Gasteiger partial charge in [-0.05, 0) is 180 Å². The summed E-state index contributed by atoms with van der Waals surface area (Å²) < 4.78 is 25.5. The van der Waals surface area contributed by atoms with Gasteiger partial charge in [-0.15, -0.1) is 0 Å². The van der Waals surface area contributed by atoms with Gasteiger partial charge in [0.15, 0.2) is 11.6 Å². The molecule has 0 atom stereocenters. The third-order valence-corrected chi connectivity index (χ3v) is 18.0. The van der Waals surface area contributed by atoms with E-state index in [0.717, 1.165) is 62.4 Å². The van der Waals surface area contributed by atoms with E-state index in [2.05, 4.69) is 126 Å². The topological polar surface area (TPSA) is 105 Å². The summed E-state index contributed by atoms with van der Waals surface area (Å²) in [7, 11) is 0. The van der Waals surface area contributed by atoms with Crippen molar-refractivity contribution in [1.82, 2.24) is 0 Å². The number of esters is 2. The minimum Gasteiger partial charge on any atom is -0.488 e. The van der Waals surface area contributed by atoms with Gasteiger partial charge in [0.2, 0.25) is 0 Å². The van der Waals surface area contributed by atoms with Gasteiger partial charge in [-0.25, -0.2) is 9.59 Å². The van der Waals surface area contributed by atoms with Crippen molar-refractivity contribution in [2.45, 2.75) is 192 Å². The Morgan fingerprint density at radius 1 is 0.367 bits per heavy atom. The van der Waals surface area contributed by atoms with Gasteiger partial charge < -0.3 is 18.9 Å². The van der Waals surface area contributed by atoms with Crippen molar-refractivity contribution in [3.63, 3.8) is 0 Å². The molecule has 8 heteroatoms. The fraction of sp³-hybridized carbons (Fsp3) is 0.437. The molecule has 0 aliphatic rings. The maximum Gasteiger partial charge on any atom is 0.343 e. The van der Waals surface area contributed by atoms with Crippen LogP contribution >= 0.6 is 0 Å². The molecule has 0 saturated carbocycles. The third kappa shape index (κ3) is 12.5. The highest BCUT2D eigenvalue weighted by Gasteiger charge is 2.54. The molecule has 0 bridgehead atoms. The summed E-state index contributed by atoms with van der Waals surface area (Å²) >= 11 is 0. The van der Waals surface area contributed by atoms with Crippen LogP contribution in [0.4, 0.5) is 0 Å². The van der Waals surface area contributed by atoms with Crippen LogP contribution in [0.25, 0.3) is 0 Å². The first kappa shape index (κ1) is 61.4. The van der Waals surface area contributed by atoms with E-state index in [0.29, 0.717) is 72.3 Å². The largest absolute Gasteiger partial charge is 0.488 e. The number of hydrogen-bond acceptors (Lipinski definition) is 8. The van der Waals surface area contributed by atoms with Crippen LogP contribution in [0.3, 0.4) is 0 Å². The van der Waals surface area contributed by atoms with E-state index in [1.54, 1.807) is 48.5 Å². The predicted molar refractivity (Wildman–Crippen MR) is 321 cm³/mol. The summed E-state index contributed by atoms with van der Waals surface area (Å²) in [5, 5.41) is 0. The molecule has 0 amide bonds. The third-order valence-electron chi connectivity index (χ3n) is 18.0. The first-order valence-corrected chi connectivity index (χ1v) is 28.7. The number of carbonyl (C=O) groups excluding carboxylic acids is 4. The lowest BCUT2D eigenvalue weighted by Crippen LogP contribution is -2.56. The maximum atomic E-state index is 15.1. The number of rotatable bonds is 24. The Hall–Kier alpha value is -6.80. The van der Waals surface area contributed by atoms with E-state index in [1.807, 2.05) is 71.9 Å². The highest BCUT2D eigenvalue weighted by Crippen LogP contribution is 2.49. The molecule has 6 aromatic rings. The van der Waals surface area contributed by atoms with E-state index in [4.69, 9.17) is 18.9 Å². The summed E-state index contributed by atoms with van der Waals surface area (Å²) in [6, 6.07) is 38.2. The zero-order valence-corrected chi connectivity index (χ0v) is 50.8. The summed E-state index contributed by atoms with van der Waals surface area (Å²) in [5.74, 6) is 1.53. The average Bonchev–Trinajstić information content (AvgIpc) is 3.59. The Bertz CT molecular complexity index is 3170. The molecule has 420 valence electrons. The highest BCUT2D eigenvalue weighted by molar-refractivity contribution is 6.03. The van der Waals surface area contributed by atoms with Gasteiger partial charge in [0.1, 0.15) is 34.2 Å². The molecule has 6 rings (SSSR count). The second-order valence-electron chi connectivity index (χ2n) is 23.8. The number of aryl methyl sites for hydroxylation is 4. The monoisotopic (exact) mass is 1070 g/mol. The zero-order valence-electron chi connectivity index (χ0n) is 50.8. The summed E-state index contributed by atoms with van der Waals surface area (Å²) in [6.45, 7) is 37.4. The van der Waals surface area contributed by atoms with Crippen LogP contribution in [0.15, 0.2) is 121 Å². The molecule has 6 aromatic carbocycles. The normalized spacial score (nSPS) is 12.5. The molecule has 0 spiro atoms. The van der Waals surface area contributed by atoms with Crippen molar-refractivity contribution in [2.75, 3.05) is 0 Å². The van der Waals surface area contributed by atoms with Gasteiger partial charge in [0.25, 0.3) is 0 Å². The fourth-order valence-electron chi connectivity index (χ4n) is 11.2. The Balaban J connectivity index is 1.16. The van der Waals surface area contributed by atoms with Crippen LogP contribution < -0.4 is 18.9 Å². The summed E-state index contributed by atoms with van der Waals surface area (Å²) in [6.07, 6.45) is 4.61. The molecule has 0 aliphatic heterocycles. The van der Waals surface area contributed by atoms with E-state index >= 15 is 4.79 Å². The number of hydrogen-bond donors (Lipinski definition) is 0. The molecular formula is C71H88O8. The predicted octanol–water partition coefficient (Wildman–Crippen LogP) is 18.2. The molecule has 8 nitrogen and oxygen atoms in total. The van der Waals surface area contributed by atoms with E-state index in [-0.39, 0.29) is 22.6 Å². The number of ether oxygens (including phenoxy) is 4. The standard InChI is InChI=1S/C71H88O8/c1-19-66(12,13)78-60-39-35-56(43-48(60)10)67(14,15)54-33-37-58(46(8)41-54)76-64(74)51-31-29-50(30-32-51)63(73)70(22-4,23-5)71(24-6,25-7)79-61-40-36-57(44-49(61)11)68(16,17)55-34-38-59(47(9)42-55)77-65(75)53-28-26-27-52(45-53)62(72)69(18,20-2)21-3/h26-45H,19-25H2,1-18H3. The van der Waals surface area contributed by atoms with Gasteiger partial charge in [0.05, 0.1) is 16.5 Å². The molecule has 0 heterocycles. The second-order valence-corrected chi connectivity index (χ2v) is 23.8. The molecule has 79 heavy (non-hydrogen) atoms. The van der Waals surface area contributed by atoms with Gasteiger partial charge in [-0.3, -0.25) is 9.59 Å². The minimum absolute atomic E-state index is 0.0210.